The second-order valence-electron chi connectivity index (χ2n) is 3.51. The van der Waals surface area contributed by atoms with Crippen LogP contribution < -0.4 is 5.73 Å². The number of aromatic nitrogens is 2. The van der Waals surface area contributed by atoms with Gasteiger partial charge in [0.1, 0.15) is 0 Å². The van der Waals surface area contributed by atoms with Gasteiger partial charge in [-0.05, 0) is 18.5 Å². The Labute approximate surface area is 89.6 Å². The van der Waals surface area contributed by atoms with Gasteiger partial charge in [-0.2, -0.15) is 0 Å². The molecule has 0 saturated carbocycles. The van der Waals surface area contributed by atoms with Crippen LogP contribution in [0.3, 0.4) is 0 Å². The highest BCUT2D eigenvalue weighted by Crippen LogP contribution is 2.20. The summed E-state index contributed by atoms with van der Waals surface area (Å²) in [6, 6.07) is 10.7. The number of nitrogens with two attached hydrogens (primary N) is 1. The van der Waals surface area contributed by atoms with Crippen LogP contribution in [0.5, 0.6) is 0 Å². The van der Waals surface area contributed by atoms with E-state index in [1.165, 1.54) is 5.56 Å². The fraction of sp³-hybridized carbons (Fsp3) is 0.250. The second-order valence-corrected chi connectivity index (χ2v) is 3.51. The molecule has 78 valence electrons. The number of imidazole rings is 1. The molecule has 0 saturated heterocycles. The molecule has 0 aliphatic rings. The van der Waals surface area contributed by atoms with E-state index in [0.717, 1.165) is 6.42 Å². The first-order valence-electron chi connectivity index (χ1n) is 5.14. The Morgan fingerprint density at radius 3 is 2.67 bits per heavy atom. The summed E-state index contributed by atoms with van der Waals surface area (Å²) in [6.45, 7) is 0.678. The first-order chi connectivity index (χ1) is 7.42. The van der Waals surface area contributed by atoms with Crippen LogP contribution in [0.15, 0.2) is 49.1 Å². The summed E-state index contributed by atoms with van der Waals surface area (Å²) in [5.74, 6) is 0. The van der Waals surface area contributed by atoms with Crippen LogP contribution in [0.2, 0.25) is 0 Å². The lowest BCUT2D eigenvalue weighted by Crippen LogP contribution is -2.13. The van der Waals surface area contributed by atoms with Gasteiger partial charge in [0.25, 0.3) is 0 Å². The van der Waals surface area contributed by atoms with Crippen molar-refractivity contribution in [3.63, 3.8) is 0 Å². The summed E-state index contributed by atoms with van der Waals surface area (Å²) in [7, 11) is 0. The van der Waals surface area contributed by atoms with E-state index in [0.29, 0.717) is 12.6 Å². The zero-order valence-electron chi connectivity index (χ0n) is 8.58. The molecule has 0 amide bonds. The highest BCUT2D eigenvalue weighted by Gasteiger charge is 2.10. The first-order valence-corrected chi connectivity index (χ1v) is 5.14. The number of rotatable bonds is 4. The highest BCUT2D eigenvalue weighted by molar-refractivity contribution is 5.19. The summed E-state index contributed by atoms with van der Waals surface area (Å²) in [6.07, 6.45) is 6.55. The highest BCUT2D eigenvalue weighted by atomic mass is 15.0. The summed E-state index contributed by atoms with van der Waals surface area (Å²) >= 11 is 0. The molecule has 15 heavy (non-hydrogen) atoms. The summed E-state index contributed by atoms with van der Waals surface area (Å²) in [4.78, 5) is 4.07. The molecule has 3 nitrogen and oxygen atoms in total. The van der Waals surface area contributed by atoms with Crippen LogP contribution >= 0.6 is 0 Å². The van der Waals surface area contributed by atoms with Crippen molar-refractivity contribution in [1.29, 1.82) is 0 Å². The number of benzene rings is 1. The largest absolute Gasteiger partial charge is 0.330 e. The Morgan fingerprint density at radius 2 is 2.07 bits per heavy atom. The lowest BCUT2D eigenvalue weighted by atomic mass is 10.0. The van der Waals surface area contributed by atoms with E-state index in [2.05, 4.69) is 33.8 Å². The molecule has 1 aromatic carbocycles. The zero-order valence-corrected chi connectivity index (χ0v) is 8.58. The standard InChI is InChI=1S/C12H15N3/c13-7-6-12(15-9-8-14-10-15)11-4-2-1-3-5-11/h1-5,8-10,12H,6-7,13H2. The van der Waals surface area contributed by atoms with Gasteiger partial charge in [-0.25, -0.2) is 4.98 Å². The van der Waals surface area contributed by atoms with Crippen LogP contribution in [0, 0.1) is 0 Å². The number of nitrogens with zero attached hydrogens (tertiary/aromatic N) is 2. The van der Waals surface area contributed by atoms with E-state index in [1.54, 1.807) is 6.20 Å². The third-order valence-electron chi connectivity index (χ3n) is 2.51. The fourth-order valence-electron chi connectivity index (χ4n) is 1.77. The maximum absolute atomic E-state index is 5.64. The lowest BCUT2D eigenvalue weighted by Gasteiger charge is -2.17. The van der Waals surface area contributed by atoms with Crippen molar-refractivity contribution in [3.8, 4) is 0 Å². The van der Waals surface area contributed by atoms with Gasteiger partial charge < -0.3 is 10.3 Å². The van der Waals surface area contributed by atoms with E-state index < -0.39 is 0 Å². The molecule has 3 heteroatoms. The van der Waals surface area contributed by atoms with Gasteiger partial charge in [0.05, 0.1) is 12.4 Å². The summed E-state index contributed by atoms with van der Waals surface area (Å²) in [5.41, 5.74) is 6.92. The lowest BCUT2D eigenvalue weighted by molar-refractivity contribution is 0.547. The molecule has 2 aromatic rings. The van der Waals surface area contributed by atoms with Gasteiger partial charge in [-0.3, -0.25) is 0 Å². The number of hydrogen-bond donors (Lipinski definition) is 1. The minimum atomic E-state index is 0.304. The monoisotopic (exact) mass is 201 g/mol. The second kappa shape index (κ2) is 4.75. The van der Waals surface area contributed by atoms with Crippen LogP contribution in [-0.4, -0.2) is 16.1 Å². The van der Waals surface area contributed by atoms with E-state index in [1.807, 2.05) is 18.6 Å². The third kappa shape index (κ3) is 2.25. The van der Waals surface area contributed by atoms with Crippen molar-refractivity contribution in [2.45, 2.75) is 12.5 Å². The van der Waals surface area contributed by atoms with E-state index in [4.69, 9.17) is 5.73 Å². The maximum Gasteiger partial charge on any atom is 0.0951 e. The molecule has 1 heterocycles. The Bertz CT molecular complexity index is 381. The van der Waals surface area contributed by atoms with Gasteiger partial charge in [-0.15, -0.1) is 0 Å². The van der Waals surface area contributed by atoms with Crippen molar-refractivity contribution in [2.75, 3.05) is 6.54 Å². The smallest absolute Gasteiger partial charge is 0.0951 e. The van der Waals surface area contributed by atoms with Gasteiger partial charge in [0.2, 0.25) is 0 Å². The molecule has 0 aliphatic carbocycles. The van der Waals surface area contributed by atoms with Gasteiger partial charge in [-0.1, -0.05) is 30.3 Å². The van der Waals surface area contributed by atoms with Crippen molar-refractivity contribution >= 4 is 0 Å². The average molecular weight is 201 g/mol. The normalized spacial score (nSPS) is 12.6. The molecule has 1 atom stereocenters. The minimum Gasteiger partial charge on any atom is -0.330 e. The van der Waals surface area contributed by atoms with Crippen molar-refractivity contribution in [2.24, 2.45) is 5.73 Å². The van der Waals surface area contributed by atoms with Gasteiger partial charge in [0, 0.05) is 12.4 Å². The third-order valence-corrected chi connectivity index (χ3v) is 2.51. The van der Waals surface area contributed by atoms with E-state index in [9.17, 15) is 0 Å². The topological polar surface area (TPSA) is 43.8 Å². The van der Waals surface area contributed by atoms with E-state index in [-0.39, 0.29) is 0 Å². The van der Waals surface area contributed by atoms with Crippen LogP contribution in [-0.2, 0) is 0 Å². The molecule has 0 aliphatic heterocycles. The molecule has 2 rings (SSSR count). The molecule has 0 spiro atoms. The minimum absolute atomic E-state index is 0.304. The molecule has 0 radical (unpaired) electrons. The van der Waals surface area contributed by atoms with Gasteiger partial charge in [0.15, 0.2) is 0 Å². The molecule has 2 N–H and O–H groups in total. The molecular weight excluding hydrogens is 186 g/mol. The Kier molecular flexibility index (Phi) is 3.15. The SMILES string of the molecule is NCCC(c1ccccc1)n1ccnc1. The van der Waals surface area contributed by atoms with Crippen molar-refractivity contribution < 1.29 is 0 Å². The number of hydrogen-bond acceptors (Lipinski definition) is 2. The van der Waals surface area contributed by atoms with Crippen LogP contribution in [0.4, 0.5) is 0 Å². The summed E-state index contributed by atoms with van der Waals surface area (Å²) in [5, 5.41) is 0. The van der Waals surface area contributed by atoms with E-state index >= 15 is 0 Å². The summed E-state index contributed by atoms with van der Waals surface area (Å²) < 4.78 is 2.10. The molecule has 0 fully saturated rings. The quantitative estimate of drug-likeness (QED) is 0.820. The zero-order chi connectivity index (χ0) is 10.5. The van der Waals surface area contributed by atoms with Crippen molar-refractivity contribution in [1.82, 2.24) is 9.55 Å². The van der Waals surface area contributed by atoms with Crippen LogP contribution in [0.25, 0.3) is 0 Å². The fourth-order valence-corrected chi connectivity index (χ4v) is 1.77. The molecular formula is C12H15N3. The Balaban J connectivity index is 2.28. The predicted molar refractivity (Wildman–Crippen MR) is 60.5 cm³/mol. The Hall–Kier alpha value is -1.61. The first kappa shape index (κ1) is 9.93. The predicted octanol–water partition coefficient (Wildman–Crippen LogP) is 1.82. The Morgan fingerprint density at radius 1 is 1.27 bits per heavy atom. The maximum atomic E-state index is 5.64. The molecule has 1 unspecified atom stereocenters. The van der Waals surface area contributed by atoms with Crippen molar-refractivity contribution in [3.05, 3.63) is 54.6 Å². The van der Waals surface area contributed by atoms with Crippen LogP contribution in [0.1, 0.15) is 18.0 Å². The average Bonchev–Trinajstić information content (AvgIpc) is 2.80. The molecule has 1 aromatic heterocycles. The van der Waals surface area contributed by atoms with Gasteiger partial charge >= 0.3 is 0 Å². The molecule has 0 bridgehead atoms.